The van der Waals surface area contributed by atoms with Gasteiger partial charge in [-0.3, -0.25) is 4.79 Å². The van der Waals surface area contributed by atoms with Gasteiger partial charge in [-0.05, 0) is 39.2 Å². The van der Waals surface area contributed by atoms with Crippen molar-refractivity contribution in [3.05, 3.63) is 59.2 Å². The maximum absolute atomic E-state index is 12.4. The van der Waals surface area contributed by atoms with Crippen LogP contribution >= 0.6 is 34.8 Å². The third-order valence-electron chi connectivity index (χ3n) is 3.50. The smallest absolute Gasteiger partial charge is 0.275 e. The molecule has 0 saturated heterocycles. The number of hydrogen-bond acceptors (Lipinski definition) is 1. The van der Waals surface area contributed by atoms with Gasteiger partial charge in [-0.2, -0.15) is 0 Å². The third-order valence-corrected chi connectivity index (χ3v) is 3.98. The summed E-state index contributed by atoms with van der Waals surface area (Å²) in [4.78, 5) is 13.9. The first kappa shape index (κ1) is 21.1. The highest BCUT2D eigenvalue weighted by molar-refractivity contribution is 6.76. The van der Waals surface area contributed by atoms with Crippen LogP contribution in [0.15, 0.2) is 53.6 Å². The van der Waals surface area contributed by atoms with E-state index in [-0.39, 0.29) is 0 Å². The van der Waals surface area contributed by atoms with Gasteiger partial charge in [0.25, 0.3) is 9.70 Å². The number of benzene rings is 1. The number of allylic oxidation sites excluding steroid dienone is 3. The molecule has 0 saturated carbocycles. The largest absolute Gasteiger partial charge is 0.331 e. The molecule has 0 radical (unpaired) electrons. The van der Waals surface area contributed by atoms with Crippen LogP contribution in [-0.2, 0) is 11.3 Å². The molecule has 0 fully saturated rings. The SMILES string of the molecule is CC(C)=CCC/C(C)=C/CN(Cc1ccccc1)C(=O)C(Cl)(Cl)Cl. The van der Waals surface area contributed by atoms with Gasteiger partial charge in [-0.1, -0.05) is 88.4 Å². The molecule has 0 atom stereocenters. The first-order chi connectivity index (χ1) is 11.2. The molecule has 0 aliphatic carbocycles. The second kappa shape index (κ2) is 10.1. The topological polar surface area (TPSA) is 20.3 Å². The minimum atomic E-state index is -1.95. The second-order valence-electron chi connectivity index (χ2n) is 6.04. The monoisotopic (exact) mass is 387 g/mol. The summed E-state index contributed by atoms with van der Waals surface area (Å²) in [5.41, 5.74) is 3.51. The van der Waals surface area contributed by atoms with Crippen LogP contribution < -0.4 is 0 Å². The number of amides is 1. The van der Waals surface area contributed by atoms with Gasteiger partial charge < -0.3 is 4.90 Å². The molecule has 0 unspecified atom stereocenters. The van der Waals surface area contributed by atoms with Gasteiger partial charge in [0.05, 0.1) is 0 Å². The van der Waals surface area contributed by atoms with Crippen LogP contribution in [0, 0.1) is 0 Å². The highest BCUT2D eigenvalue weighted by Gasteiger charge is 2.34. The molecule has 2 nitrogen and oxygen atoms in total. The predicted molar refractivity (Wildman–Crippen MR) is 105 cm³/mol. The average molecular weight is 389 g/mol. The second-order valence-corrected chi connectivity index (χ2v) is 8.32. The molecule has 1 aromatic carbocycles. The molecule has 0 N–H and O–H groups in total. The Bertz CT molecular complexity index is 584. The van der Waals surface area contributed by atoms with Crippen LogP contribution in [0.4, 0.5) is 0 Å². The van der Waals surface area contributed by atoms with E-state index in [9.17, 15) is 4.79 Å². The maximum atomic E-state index is 12.4. The van der Waals surface area contributed by atoms with E-state index in [0.29, 0.717) is 13.1 Å². The molecule has 0 bridgehead atoms. The van der Waals surface area contributed by atoms with Crippen LogP contribution in [-0.4, -0.2) is 21.1 Å². The number of carbonyl (C=O) groups is 1. The first-order valence-electron chi connectivity index (χ1n) is 7.89. The molecule has 0 aliphatic rings. The summed E-state index contributed by atoms with van der Waals surface area (Å²) in [6, 6.07) is 9.67. The highest BCUT2D eigenvalue weighted by atomic mass is 35.6. The highest BCUT2D eigenvalue weighted by Crippen LogP contribution is 2.29. The van der Waals surface area contributed by atoms with Gasteiger partial charge in [-0.15, -0.1) is 0 Å². The zero-order valence-electron chi connectivity index (χ0n) is 14.4. The number of alkyl halides is 3. The van der Waals surface area contributed by atoms with Crippen LogP contribution in [0.25, 0.3) is 0 Å². The van der Waals surface area contributed by atoms with Crippen LogP contribution in [0.1, 0.15) is 39.2 Å². The van der Waals surface area contributed by atoms with Gasteiger partial charge in [0.15, 0.2) is 0 Å². The Balaban J connectivity index is 2.78. The molecule has 5 heteroatoms. The van der Waals surface area contributed by atoms with E-state index in [1.807, 2.05) is 36.4 Å². The fraction of sp³-hybridized carbons (Fsp3) is 0.421. The van der Waals surface area contributed by atoms with Crippen molar-refractivity contribution < 1.29 is 4.79 Å². The lowest BCUT2D eigenvalue weighted by Crippen LogP contribution is -2.39. The van der Waals surface area contributed by atoms with Crippen LogP contribution in [0.5, 0.6) is 0 Å². The summed E-state index contributed by atoms with van der Waals surface area (Å²) in [6.07, 6.45) is 6.16. The van der Waals surface area contributed by atoms with Gasteiger partial charge in [-0.25, -0.2) is 0 Å². The van der Waals surface area contributed by atoms with E-state index >= 15 is 0 Å². The predicted octanol–water partition coefficient (Wildman–Crippen LogP) is 6.08. The van der Waals surface area contributed by atoms with E-state index in [4.69, 9.17) is 34.8 Å². The molecule has 1 rings (SSSR count). The Labute approximate surface area is 160 Å². The van der Waals surface area contributed by atoms with Gasteiger partial charge in [0, 0.05) is 13.1 Å². The molecule has 1 aromatic rings. The summed E-state index contributed by atoms with van der Waals surface area (Å²) in [5, 5.41) is 0. The number of rotatable bonds is 7. The number of halogens is 3. The number of carbonyl (C=O) groups excluding carboxylic acids is 1. The van der Waals surface area contributed by atoms with Crippen molar-refractivity contribution in [1.82, 2.24) is 4.90 Å². The maximum Gasteiger partial charge on any atom is 0.275 e. The van der Waals surface area contributed by atoms with E-state index in [1.54, 1.807) is 4.90 Å². The Morgan fingerprint density at radius 3 is 2.25 bits per heavy atom. The van der Waals surface area contributed by atoms with Crippen molar-refractivity contribution in [2.24, 2.45) is 0 Å². The van der Waals surface area contributed by atoms with Crippen molar-refractivity contribution in [3.8, 4) is 0 Å². The molecule has 0 aromatic heterocycles. The molecular weight excluding hydrogens is 365 g/mol. The third kappa shape index (κ3) is 8.23. The van der Waals surface area contributed by atoms with E-state index in [0.717, 1.165) is 18.4 Å². The first-order valence-corrected chi connectivity index (χ1v) is 9.02. The lowest BCUT2D eigenvalue weighted by atomic mass is 10.1. The van der Waals surface area contributed by atoms with Crippen LogP contribution in [0.2, 0.25) is 0 Å². The van der Waals surface area contributed by atoms with E-state index < -0.39 is 9.70 Å². The van der Waals surface area contributed by atoms with Crippen molar-refractivity contribution in [1.29, 1.82) is 0 Å². The molecule has 0 aliphatic heterocycles. The molecule has 1 amide bonds. The van der Waals surface area contributed by atoms with E-state index in [1.165, 1.54) is 11.1 Å². The Morgan fingerprint density at radius 1 is 1.08 bits per heavy atom. The summed E-state index contributed by atoms with van der Waals surface area (Å²) < 4.78 is -1.95. The standard InChI is InChI=1S/C19H24Cl3NO/c1-15(2)8-7-9-16(3)12-13-23(18(24)19(20,21)22)14-17-10-5-4-6-11-17/h4-6,8,10-12H,7,9,13-14H2,1-3H3/b16-12+. The number of hydrogen-bond donors (Lipinski definition) is 0. The minimum Gasteiger partial charge on any atom is -0.331 e. The molecule has 24 heavy (non-hydrogen) atoms. The Kier molecular flexibility index (Phi) is 8.90. The van der Waals surface area contributed by atoms with Gasteiger partial charge in [0.2, 0.25) is 0 Å². The molecule has 132 valence electrons. The van der Waals surface area contributed by atoms with Crippen molar-refractivity contribution >= 4 is 40.7 Å². The molecule has 0 spiro atoms. The van der Waals surface area contributed by atoms with E-state index in [2.05, 4.69) is 26.8 Å². The van der Waals surface area contributed by atoms with Crippen molar-refractivity contribution in [2.75, 3.05) is 6.54 Å². The Hall–Kier alpha value is -0.960. The summed E-state index contributed by atoms with van der Waals surface area (Å²) in [6.45, 7) is 7.05. The quantitative estimate of drug-likeness (QED) is 0.409. The summed E-state index contributed by atoms with van der Waals surface area (Å²) >= 11 is 17.4. The normalized spacial score (nSPS) is 12.0. The average Bonchev–Trinajstić information content (AvgIpc) is 2.50. The number of nitrogens with zero attached hydrogens (tertiary/aromatic N) is 1. The molecular formula is C19H24Cl3NO. The fourth-order valence-corrected chi connectivity index (χ4v) is 2.52. The fourth-order valence-electron chi connectivity index (χ4n) is 2.16. The molecule has 0 heterocycles. The Morgan fingerprint density at radius 2 is 1.71 bits per heavy atom. The van der Waals surface area contributed by atoms with Crippen molar-refractivity contribution in [2.45, 2.75) is 44.0 Å². The van der Waals surface area contributed by atoms with Gasteiger partial charge in [0.1, 0.15) is 0 Å². The zero-order valence-corrected chi connectivity index (χ0v) is 16.6. The zero-order chi connectivity index (χ0) is 18.2. The summed E-state index contributed by atoms with van der Waals surface area (Å²) in [7, 11) is 0. The van der Waals surface area contributed by atoms with Crippen molar-refractivity contribution in [3.63, 3.8) is 0 Å². The van der Waals surface area contributed by atoms with Crippen LogP contribution in [0.3, 0.4) is 0 Å². The summed E-state index contributed by atoms with van der Waals surface area (Å²) in [5.74, 6) is -0.510. The lowest BCUT2D eigenvalue weighted by molar-refractivity contribution is -0.130. The minimum absolute atomic E-state index is 0.408. The van der Waals surface area contributed by atoms with Gasteiger partial charge >= 0.3 is 0 Å². The lowest BCUT2D eigenvalue weighted by Gasteiger charge is -2.25.